The molecule has 17 heavy (non-hydrogen) atoms. The number of hydrogen-bond donors (Lipinski definition) is 1. The SMILES string of the molecule is COCCn1ncc(Br)c1C(C)(C)CC(C)N. The number of halogens is 1. The fraction of sp³-hybridized carbons (Fsp3) is 0.750. The van der Waals surface area contributed by atoms with Gasteiger partial charge in [-0.3, -0.25) is 4.68 Å². The molecule has 2 N–H and O–H groups in total. The summed E-state index contributed by atoms with van der Waals surface area (Å²) in [6.07, 6.45) is 2.76. The van der Waals surface area contributed by atoms with E-state index in [1.54, 1.807) is 7.11 Å². The minimum absolute atomic E-state index is 0.00274. The van der Waals surface area contributed by atoms with Gasteiger partial charge in [0.2, 0.25) is 0 Å². The fourth-order valence-corrected chi connectivity index (χ4v) is 3.12. The maximum atomic E-state index is 5.92. The summed E-state index contributed by atoms with van der Waals surface area (Å²) in [6, 6.07) is 0.169. The summed E-state index contributed by atoms with van der Waals surface area (Å²) in [5.74, 6) is 0. The van der Waals surface area contributed by atoms with Crippen molar-refractivity contribution in [1.29, 1.82) is 0 Å². The topological polar surface area (TPSA) is 53.1 Å². The largest absolute Gasteiger partial charge is 0.383 e. The Balaban J connectivity index is 2.97. The smallest absolute Gasteiger partial charge is 0.0659 e. The zero-order chi connectivity index (χ0) is 13.1. The standard InChI is InChI=1S/C12H22BrN3O/c1-9(14)7-12(2,3)11-10(13)8-15-16(11)5-6-17-4/h8-9H,5-7,14H2,1-4H3. The quantitative estimate of drug-likeness (QED) is 0.877. The minimum Gasteiger partial charge on any atom is -0.383 e. The van der Waals surface area contributed by atoms with Crippen LogP contribution in [0.2, 0.25) is 0 Å². The minimum atomic E-state index is -0.00274. The van der Waals surface area contributed by atoms with Crippen molar-refractivity contribution in [2.45, 2.75) is 45.2 Å². The van der Waals surface area contributed by atoms with Crippen LogP contribution in [-0.2, 0) is 16.7 Å². The highest BCUT2D eigenvalue weighted by Crippen LogP contribution is 2.33. The predicted molar refractivity (Wildman–Crippen MR) is 73.1 cm³/mol. The van der Waals surface area contributed by atoms with Crippen molar-refractivity contribution >= 4 is 15.9 Å². The summed E-state index contributed by atoms with van der Waals surface area (Å²) in [7, 11) is 1.70. The molecule has 0 aliphatic carbocycles. The summed E-state index contributed by atoms with van der Waals surface area (Å²) < 4.78 is 8.14. The van der Waals surface area contributed by atoms with Crippen LogP contribution in [-0.4, -0.2) is 29.5 Å². The lowest BCUT2D eigenvalue weighted by molar-refractivity contribution is 0.180. The monoisotopic (exact) mass is 303 g/mol. The first-order chi connectivity index (χ1) is 7.88. The lowest BCUT2D eigenvalue weighted by Gasteiger charge is -2.28. The van der Waals surface area contributed by atoms with E-state index >= 15 is 0 Å². The molecule has 0 fully saturated rings. The van der Waals surface area contributed by atoms with E-state index < -0.39 is 0 Å². The molecule has 0 saturated carbocycles. The molecular formula is C12H22BrN3O. The Morgan fingerprint density at radius 3 is 2.76 bits per heavy atom. The van der Waals surface area contributed by atoms with Gasteiger partial charge >= 0.3 is 0 Å². The Hall–Kier alpha value is -0.390. The molecule has 0 radical (unpaired) electrons. The van der Waals surface area contributed by atoms with Gasteiger partial charge in [0.25, 0.3) is 0 Å². The lowest BCUT2D eigenvalue weighted by atomic mass is 9.83. The van der Waals surface area contributed by atoms with E-state index in [0.717, 1.165) is 17.4 Å². The molecule has 1 rings (SSSR count). The summed E-state index contributed by atoms with van der Waals surface area (Å²) in [4.78, 5) is 0. The molecule has 4 nitrogen and oxygen atoms in total. The van der Waals surface area contributed by atoms with Crippen LogP contribution in [0.15, 0.2) is 10.7 Å². The van der Waals surface area contributed by atoms with Gasteiger partial charge in [-0.2, -0.15) is 5.10 Å². The van der Waals surface area contributed by atoms with Gasteiger partial charge in [-0.05, 0) is 29.3 Å². The second-order valence-corrected chi connectivity index (χ2v) is 5.98. The van der Waals surface area contributed by atoms with Crippen molar-refractivity contribution in [3.63, 3.8) is 0 Å². The lowest BCUT2D eigenvalue weighted by Crippen LogP contribution is -2.31. The van der Waals surface area contributed by atoms with Crippen LogP contribution >= 0.6 is 15.9 Å². The number of hydrogen-bond acceptors (Lipinski definition) is 3. The Kier molecular flexibility index (Phi) is 5.16. The fourth-order valence-electron chi connectivity index (χ4n) is 2.28. The first-order valence-corrected chi connectivity index (χ1v) is 6.64. The summed E-state index contributed by atoms with van der Waals surface area (Å²) in [5, 5.41) is 4.38. The average molecular weight is 304 g/mol. The van der Waals surface area contributed by atoms with Gasteiger partial charge in [0, 0.05) is 18.6 Å². The molecule has 1 aromatic heterocycles. The van der Waals surface area contributed by atoms with Crippen LogP contribution in [0.4, 0.5) is 0 Å². The number of methoxy groups -OCH3 is 1. The third kappa shape index (κ3) is 3.79. The molecule has 1 unspecified atom stereocenters. The van der Waals surface area contributed by atoms with Gasteiger partial charge in [0.15, 0.2) is 0 Å². The van der Waals surface area contributed by atoms with E-state index in [1.807, 2.05) is 17.8 Å². The number of ether oxygens (including phenoxy) is 1. The first-order valence-electron chi connectivity index (χ1n) is 5.85. The third-order valence-corrected chi connectivity index (χ3v) is 3.36. The van der Waals surface area contributed by atoms with Gasteiger partial charge in [-0.25, -0.2) is 0 Å². The number of nitrogens with zero attached hydrogens (tertiary/aromatic N) is 2. The van der Waals surface area contributed by atoms with Crippen LogP contribution in [0, 0.1) is 0 Å². The predicted octanol–water partition coefficient (Wildman–Crippen LogP) is 2.31. The molecule has 0 amide bonds. The molecule has 0 aliphatic rings. The molecule has 5 heteroatoms. The zero-order valence-corrected chi connectivity index (χ0v) is 12.6. The molecule has 1 heterocycles. The van der Waals surface area contributed by atoms with E-state index in [9.17, 15) is 0 Å². The van der Waals surface area contributed by atoms with Crippen molar-refractivity contribution in [1.82, 2.24) is 9.78 Å². The molecule has 0 bridgehead atoms. The highest BCUT2D eigenvalue weighted by Gasteiger charge is 2.28. The maximum Gasteiger partial charge on any atom is 0.0659 e. The van der Waals surface area contributed by atoms with Gasteiger partial charge in [0.1, 0.15) is 0 Å². The Morgan fingerprint density at radius 2 is 2.24 bits per heavy atom. The number of nitrogens with two attached hydrogens (primary N) is 1. The highest BCUT2D eigenvalue weighted by atomic mass is 79.9. The van der Waals surface area contributed by atoms with Crippen molar-refractivity contribution in [3.05, 3.63) is 16.4 Å². The maximum absolute atomic E-state index is 5.92. The first kappa shape index (κ1) is 14.7. The van der Waals surface area contributed by atoms with Crippen molar-refractivity contribution < 1.29 is 4.74 Å². The second-order valence-electron chi connectivity index (χ2n) is 5.12. The molecular weight excluding hydrogens is 282 g/mol. The Morgan fingerprint density at radius 1 is 1.59 bits per heavy atom. The summed E-state index contributed by atoms with van der Waals surface area (Å²) in [5.41, 5.74) is 7.10. The van der Waals surface area contributed by atoms with Crippen molar-refractivity contribution in [2.75, 3.05) is 13.7 Å². The van der Waals surface area contributed by atoms with E-state index in [0.29, 0.717) is 6.61 Å². The van der Waals surface area contributed by atoms with Crippen LogP contribution in [0.5, 0.6) is 0 Å². The van der Waals surface area contributed by atoms with Gasteiger partial charge < -0.3 is 10.5 Å². The summed E-state index contributed by atoms with van der Waals surface area (Å²) in [6.45, 7) is 7.85. The van der Waals surface area contributed by atoms with Gasteiger partial charge in [-0.15, -0.1) is 0 Å². The second kappa shape index (κ2) is 5.98. The van der Waals surface area contributed by atoms with Crippen molar-refractivity contribution in [2.24, 2.45) is 5.73 Å². The van der Waals surface area contributed by atoms with Gasteiger partial charge in [-0.1, -0.05) is 13.8 Å². The molecule has 0 aromatic carbocycles. The molecule has 1 atom stereocenters. The Labute approximate surface area is 112 Å². The Bertz CT molecular complexity index is 361. The number of rotatable bonds is 6. The molecule has 0 spiro atoms. The summed E-state index contributed by atoms with van der Waals surface area (Å²) >= 11 is 3.57. The normalized spacial score (nSPS) is 14.0. The highest BCUT2D eigenvalue weighted by molar-refractivity contribution is 9.10. The van der Waals surface area contributed by atoms with Crippen LogP contribution < -0.4 is 5.73 Å². The molecule has 1 aromatic rings. The van der Waals surface area contributed by atoms with Crippen LogP contribution in [0.3, 0.4) is 0 Å². The number of aromatic nitrogens is 2. The third-order valence-electron chi connectivity index (χ3n) is 2.78. The average Bonchev–Trinajstić information content (AvgIpc) is 2.55. The van der Waals surface area contributed by atoms with E-state index in [-0.39, 0.29) is 11.5 Å². The zero-order valence-electron chi connectivity index (χ0n) is 11.0. The molecule has 98 valence electrons. The van der Waals surface area contributed by atoms with E-state index in [1.165, 1.54) is 5.69 Å². The van der Waals surface area contributed by atoms with Gasteiger partial charge in [0.05, 0.1) is 29.5 Å². The van der Waals surface area contributed by atoms with Crippen molar-refractivity contribution in [3.8, 4) is 0 Å². The van der Waals surface area contributed by atoms with E-state index in [2.05, 4.69) is 34.9 Å². The van der Waals surface area contributed by atoms with Crippen LogP contribution in [0.1, 0.15) is 32.9 Å². The molecule has 0 saturated heterocycles. The molecule has 0 aliphatic heterocycles. The van der Waals surface area contributed by atoms with E-state index in [4.69, 9.17) is 10.5 Å². The van der Waals surface area contributed by atoms with Crippen LogP contribution in [0.25, 0.3) is 0 Å².